The van der Waals surface area contributed by atoms with Crippen molar-refractivity contribution in [3.05, 3.63) is 10.6 Å². The van der Waals surface area contributed by atoms with Crippen LogP contribution in [-0.4, -0.2) is 40.5 Å². The number of hydrogen-bond acceptors (Lipinski definition) is 5. The van der Waals surface area contributed by atoms with Crippen molar-refractivity contribution in [1.29, 1.82) is 0 Å². The average Bonchev–Trinajstić information content (AvgIpc) is 2.73. The third kappa shape index (κ3) is 3.24. The Kier molecular flexibility index (Phi) is 5.34. The molecule has 1 aromatic heterocycles. The van der Waals surface area contributed by atoms with E-state index in [9.17, 15) is 4.79 Å². The molecule has 6 heteroatoms. The highest BCUT2D eigenvalue weighted by Crippen LogP contribution is 2.14. The molecule has 2 N–H and O–H groups in total. The smallest absolute Gasteiger partial charge is 0.267 e. The maximum absolute atomic E-state index is 12.0. The molecule has 5 nitrogen and oxygen atoms in total. The van der Waals surface area contributed by atoms with E-state index >= 15 is 0 Å². The maximum atomic E-state index is 12.0. The van der Waals surface area contributed by atoms with Crippen molar-refractivity contribution in [3.63, 3.8) is 0 Å². The van der Waals surface area contributed by atoms with Gasteiger partial charge in [-0.25, -0.2) is 0 Å². The van der Waals surface area contributed by atoms with Gasteiger partial charge in [-0.3, -0.25) is 4.79 Å². The summed E-state index contributed by atoms with van der Waals surface area (Å²) >= 11 is 1.18. The van der Waals surface area contributed by atoms with Gasteiger partial charge in [-0.15, -0.1) is 5.10 Å². The summed E-state index contributed by atoms with van der Waals surface area (Å²) in [7, 11) is 1.79. The summed E-state index contributed by atoms with van der Waals surface area (Å²) in [5.74, 6) is 0.00639. The number of nitrogens with zero attached hydrogens (tertiary/aromatic N) is 3. The van der Waals surface area contributed by atoms with Crippen LogP contribution in [0.15, 0.2) is 0 Å². The van der Waals surface area contributed by atoms with Gasteiger partial charge in [0.15, 0.2) is 0 Å². The quantitative estimate of drug-likeness (QED) is 0.805. The molecule has 0 unspecified atom stereocenters. The minimum absolute atomic E-state index is 0.00639. The lowest BCUT2D eigenvalue weighted by Crippen LogP contribution is -2.29. The van der Waals surface area contributed by atoms with E-state index < -0.39 is 0 Å². The summed E-state index contributed by atoms with van der Waals surface area (Å²) in [6.07, 6.45) is 2.60. The summed E-state index contributed by atoms with van der Waals surface area (Å²) in [6, 6.07) is 0. The molecule has 16 heavy (non-hydrogen) atoms. The number of carbonyl (C=O) groups excluding carboxylic acids is 1. The summed E-state index contributed by atoms with van der Waals surface area (Å²) in [5.41, 5.74) is 6.23. The van der Waals surface area contributed by atoms with Crippen LogP contribution in [0.2, 0.25) is 0 Å². The fourth-order valence-corrected chi connectivity index (χ4v) is 2.08. The van der Waals surface area contributed by atoms with Gasteiger partial charge >= 0.3 is 0 Å². The van der Waals surface area contributed by atoms with Crippen LogP contribution in [0, 0.1) is 0 Å². The van der Waals surface area contributed by atoms with E-state index in [1.165, 1.54) is 11.5 Å². The molecule has 1 aromatic rings. The van der Waals surface area contributed by atoms with Crippen LogP contribution in [0.1, 0.15) is 35.1 Å². The summed E-state index contributed by atoms with van der Waals surface area (Å²) < 4.78 is 3.84. The zero-order valence-electron chi connectivity index (χ0n) is 9.77. The minimum atomic E-state index is 0.00639. The Balaban J connectivity index is 2.67. The SMILES string of the molecule is CCCc1nnsc1C(=O)N(C)CCCN. The molecular formula is C10H18N4OS. The Morgan fingerprint density at radius 1 is 1.56 bits per heavy atom. The van der Waals surface area contributed by atoms with E-state index in [-0.39, 0.29) is 5.91 Å². The molecule has 0 spiro atoms. The Morgan fingerprint density at radius 3 is 2.94 bits per heavy atom. The van der Waals surface area contributed by atoms with Gasteiger partial charge < -0.3 is 10.6 Å². The zero-order valence-corrected chi connectivity index (χ0v) is 10.6. The number of carbonyl (C=O) groups is 1. The van der Waals surface area contributed by atoms with Gasteiger partial charge in [0.2, 0.25) is 0 Å². The fraction of sp³-hybridized carbons (Fsp3) is 0.700. The standard InChI is InChI=1S/C10H18N4OS/c1-3-5-8-9(16-13-12-8)10(15)14(2)7-4-6-11/h3-7,11H2,1-2H3. The predicted octanol–water partition coefficient (Wildman–Crippen LogP) is 0.911. The number of hydrogen-bond donors (Lipinski definition) is 1. The Bertz CT molecular complexity index is 339. The molecule has 1 amide bonds. The topological polar surface area (TPSA) is 72.1 Å². The molecule has 0 aliphatic carbocycles. The molecule has 1 heterocycles. The third-order valence-electron chi connectivity index (χ3n) is 2.28. The molecular weight excluding hydrogens is 224 g/mol. The first-order chi connectivity index (χ1) is 7.70. The Morgan fingerprint density at radius 2 is 2.31 bits per heavy atom. The van der Waals surface area contributed by atoms with Crippen molar-refractivity contribution in [1.82, 2.24) is 14.5 Å². The van der Waals surface area contributed by atoms with Gasteiger partial charge in [-0.1, -0.05) is 17.8 Å². The van der Waals surface area contributed by atoms with Crippen molar-refractivity contribution >= 4 is 17.4 Å². The highest BCUT2D eigenvalue weighted by Gasteiger charge is 2.18. The lowest BCUT2D eigenvalue weighted by Gasteiger charge is -2.15. The zero-order chi connectivity index (χ0) is 12.0. The van der Waals surface area contributed by atoms with Crippen molar-refractivity contribution < 1.29 is 4.79 Å². The van der Waals surface area contributed by atoms with Crippen LogP contribution >= 0.6 is 11.5 Å². The van der Waals surface area contributed by atoms with E-state index in [0.29, 0.717) is 18.0 Å². The second-order valence-corrected chi connectivity index (χ2v) is 4.42. The largest absolute Gasteiger partial charge is 0.341 e. The van der Waals surface area contributed by atoms with Crippen molar-refractivity contribution in [3.8, 4) is 0 Å². The first-order valence-electron chi connectivity index (χ1n) is 5.47. The number of aryl methyl sites for hydroxylation is 1. The normalized spacial score (nSPS) is 10.4. The van der Waals surface area contributed by atoms with Gasteiger partial charge in [0.05, 0.1) is 5.69 Å². The van der Waals surface area contributed by atoms with E-state index in [4.69, 9.17) is 5.73 Å². The van der Waals surface area contributed by atoms with Crippen LogP contribution in [0.3, 0.4) is 0 Å². The molecule has 0 saturated carbocycles. The van der Waals surface area contributed by atoms with Gasteiger partial charge in [0, 0.05) is 13.6 Å². The first kappa shape index (κ1) is 13.1. The van der Waals surface area contributed by atoms with Gasteiger partial charge in [-0.05, 0) is 30.9 Å². The second-order valence-electron chi connectivity index (χ2n) is 3.67. The van der Waals surface area contributed by atoms with Crippen molar-refractivity contribution in [2.75, 3.05) is 20.1 Å². The van der Waals surface area contributed by atoms with Gasteiger partial charge in [0.1, 0.15) is 4.88 Å². The molecule has 0 aromatic carbocycles. The molecule has 0 bridgehead atoms. The van der Waals surface area contributed by atoms with Crippen molar-refractivity contribution in [2.24, 2.45) is 5.73 Å². The highest BCUT2D eigenvalue weighted by molar-refractivity contribution is 7.07. The first-order valence-corrected chi connectivity index (χ1v) is 6.24. The van der Waals surface area contributed by atoms with E-state index in [0.717, 1.165) is 25.0 Å². The highest BCUT2D eigenvalue weighted by atomic mass is 32.1. The lowest BCUT2D eigenvalue weighted by atomic mass is 10.2. The minimum Gasteiger partial charge on any atom is -0.341 e. The third-order valence-corrected chi connectivity index (χ3v) is 3.04. The van der Waals surface area contributed by atoms with E-state index in [1.54, 1.807) is 11.9 Å². The number of nitrogens with two attached hydrogens (primary N) is 1. The van der Waals surface area contributed by atoms with Crippen molar-refractivity contribution in [2.45, 2.75) is 26.2 Å². The summed E-state index contributed by atoms with van der Waals surface area (Å²) in [4.78, 5) is 14.4. The Hall–Kier alpha value is -1.01. The molecule has 0 saturated heterocycles. The van der Waals surface area contributed by atoms with Gasteiger partial charge in [0.25, 0.3) is 5.91 Å². The molecule has 1 rings (SSSR count). The van der Waals surface area contributed by atoms with E-state index in [2.05, 4.69) is 16.5 Å². The van der Waals surface area contributed by atoms with Crippen LogP contribution < -0.4 is 5.73 Å². The molecule has 90 valence electrons. The second kappa shape index (κ2) is 6.55. The van der Waals surface area contributed by atoms with Crippen LogP contribution in [0.25, 0.3) is 0 Å². The fourth-order valence-electron chi connectivity index (χ4n) is 1.37. The van der Waals surface area contributed by atoms with Crippen LogP contribution in [-0.2, 0) is 6.42 Å². The number of rotatable bonds is 6. The predicted molar refractivity (Wildman–Crippen MR) is 64.5 cm³/mol. The molecule has 0 atom stereocenters. The Labute approximate surface area is 99.8 Å². The van der Waals surface area contributed by atoms with Crippen LogP contribution in [0.5, 0.6) is 0 Å². The maximum Gasteiger partial charge on any atom is 0.267 e. The number of amides is 1. The monoisotopic (exact) mass is 242 g/mol. The molecule has 0 radical (unpaired) electrons. The molecule has 0 fully saturated rings. The molecule has 0 aliphatic heterocycles. The average molecular weight is 242 g/mol. The summed E-state index contributed by atoms with van der Waals surface area (Å²) in [6.45, 7) is 3.34. The van der Waals surface area contributed by atoms with E-state index in [1.807, 2.05) is 0 Å². The molecule has 0 aliphatic rings. The van der Waals surface area contributed by atoms with Gasteiger partial charge in [-0.2, -0.15) is 0 Å². The van der Waals surface area contributed by atoms with Crippen LogP contribution in [0.4, 0.5) is 0 Å². The number of aromatic nitrogens is 2. The lowest BCUT2D eigenvalue weighted by molar-refractivity contribution is 0.0798. The summed E-state index contributed by atoms with van der Waals surface area (Å²) in [5, 5.41) is 3.99.